The smallest absolute Gasteiger partial charge is 0.293 e. The van der Waals surface area contributed by atoms with Gasteiger partial charge in [0.15, 0.2) is 0 Å². The molecule has 0 aliphatic carbocycles. The van der Waals surface area contributed by atoms with Crippen LogP contribution in [0.5, 0.6) is 17.2 Å². The summed E-state index contributed by atoms with van der Waals surface area (Å²) < 4.78 is 16.1. The largest absolute Gasteiger partial charge is 0.497 e. The lowest BCUT2D eigenvalue weighted by Crippen LogP contribution is -2.32. The van der Waals surface area contributed by atoms with Crippen LogP contribution in [0.15, 0.2) is 47.4 Å². The molecule has 1 aliphatic rings. The van der Waals surface area contributed by atoms with E-state index in [0.29, 0.717) is 27.7 Å². The Labute approximate surface area is 168 Å². The molecule has 1 heterocycles. The molecule has 1 saturated heterocycles. The number of nitrogens with zero attached hydrogens (tertiary/aromatic N) is 1. The number of thioether (sulfide) groups is 1. The zero-order valence-corrected chi connectivity index (χ0v) is 16.7. The Morgan fingerprint density at radius 2 is 1.71 bits per heavy atom. The van der Waals surface area contributed by atoms with Gasteiger partial charge in [0.1, 0.15) is 23.9 Å². The molecule has 0 unspecified atom stereocenters. The van der Waals surface area contributed by atoms with E-state index in [9.17, 15) is 9.59 Å². The summed E-state index contributed by atoms with van der Waals surface area (Å²) in [5, 5.41) is -0.309. The number of rotatable bonds is 7. The molecule has 2 aromatic rings. The standard InChI is InChI=1S/C21H21NO5S/c1-14-4-7-16(8-5-14)27-11-10-22-20(23)19(28-21(22)24)12-15-6-9-17(25-2)13-18(15)26-3/h4-9,12-13H,10-11H2,1-3H3/b19-12-. The number of hydrogen-bond donors (Lipinski definition) is 0. The summed E-state index contributed by atoms with van der Waals surface area (Å²) in [6.07, 6.45) is 1.66. The molecule has 28 heavy (non-hydrogen) atoms. The first kappa shape index (κ1) is 19.8. The molecule has 0 atom stereocenters. The van der Waals surface area contributed by atoms with Gasteiger partial charge in [0, 0.05) is 11.6 Å². The summed E-state index contributed by atoms with van der Waals surface area (Å²) in [5.74, 6) is 1.58. The van der Waals surface area contributed by atoms with Crippen molar-refractivity contribution in [3.8, 4) is 17.2 Å². The minimum Gasteiger partial charge on any atom is -0.497 e. The summed E-state index contributed by atoms with van der Waals surface area (Å²) in [6, 6.07) is 12.9. The molecule has 0 spiro atoms. The van der Waals surface area contributed by atoms with Gasteiger partial charge in [-0.1, -0.05) is 17.7 Å². The van der Waals surface area contributed by atoms with Gasteiger partial charge < -0.3 is 14.2 Å². The van der Waals surface area contributed by atoms with Gasteiger partial charge in [-0.2, -0.15) is 0 Å². The molecular weight excluding hydrogens is 378 g/mol. The van der Waals surface area contributed by atoms with Crippen molar-refractivity contribution in [3.05, 3.63) is 58.5 Å². The molecule has 0 N–H and O–H groups in total. The second-order valence-corrected chi connectivity index (χ2v) is 7.10. The highest BCUT2D eigenvalue weighted by atomic mass is 32.2. The molecule has 6 nitrogen and oxygen atoms in total. The molecule has 0 radical (unpaired) electrons. The molecule has 0 aromatic heterocycles. The Kier molecular flexibility index (Phi) is 6.26. The summed E-state index contributed by atoms with van der Waals surface area (Å²) >= 11 is 0.910. The highest BCUT2D eigenvalue weighted by Gasteiger charge is 2.35. The van der Waals surface area contributed by atoms with Gasteiger partial charge in [0.25, 0.3) is 11.1 Å². The fourth-order valence-corrected chi connectivity index (χ4v) is 3.52. The fraction of sp³-hybridized carbons (Fsp3) is 0.238. The molecule has 2 aromatic carbocycles. The monoisotopic (exact) mass is 399 g/mol. The van der Waals surface area contributed by atoms with Crippen LogP contribution in [0.1, 0.15) is 11.1 Å². The van der Waals surface area contributed by atoms with E-state index in [1.54, 1.807) is 38.5 Å². The molecule has 0 bridgehead atoms. The molecule has 3 rings (SSSR count). The van der Waals surface area contributed by atoms with Crippen LogP contribution in [-0.2, 0) is 4.79 Å². The van der Waals surface area contributed by atoms with Gasteiger partial charge in [-0.25, -0.2) is 0 Å². The fourth-order valence-electron chi connectivity index (χ4n) is 2.66. The number of imide groups is 1. The third-order valence-electron chi connectivity index (χ3n) is 4.21. The van der Waals surface area contributed by atoms with Crippen molar-refractivity contribution in [2.24, 2.45) is 0 Å². The predicted octanol–water partition coefficient (Wildman–Crippen LogP) is 4.13. The Balaban J connectivity index is 1.67. The van der Waals surface area contributed by atoms with E-state index >= 15 is 0 Å². The van der Waals surface area contributed by atoms with Crippen molar-refractivity contribution in [3.63, 3.8) is 0 Å². The van der Waals surface area contributed by atoms with Crippen molar-refractivity contribution in [2.75, 3.05) is 27.4 Å². The van der Waals surface area contributed by atoms with Crippen molar-refractivity contribution < 1.29 is 23.8 Å². The highest BCUT2D eigenvalue weighted by Crippen LogP contribution is 2.34. The van der Waals surface area contributed by atoms with Crippen LogP contribution in [0.3, 0.4) is 0 Å². The van der Waals surface area contributed by atoms with Crippen LogP contribution in [0.4, 0.5) is 4.79 Å². The van der Waals surface area contributed by atoms with E-state index in [1.807, 2.05) is 31.2 Å². The Morgan fingerprint density at radius 1 is 1.00 bits per heavy atom. The SMILES string of the molecule is COc1ccc(/C=C2\SC(=O)N(CCOc3ccc(C)cc3)C2=O)c(OC)c1. The summed E-state index contributed by atoms with van der Waals surface area (Å²) in [6.45, 7) is 2.42. The maximum Gasteiger partial charge on any atom is 0.293 e. The lowest BCUT2D eigenvalue weighted by Gasteiger charge is -2.13. The summed E-state index contributed by atoms with van der Waals surface area (Å²) in [7, 11) is 3.11. The quantitative estimate of drug-likeness (QED) is 0.653. The molecular formula is C21H21NO5S. The highest BCUT2D eigenvalue weighted by molar-refractivity contribution is 8.18. The number of carbonyl (C=O) groups is 2. The van der Waals surface area contributed by atoms with Crippen LogP contribution < -0.4 is 14.2 Å². The number of benzene rings is 2. The third kappa shape index (κ3) is 4.48. The minimum atomic E-state index is -0.333. The van der Waals surface area contributed by atoms with E-state index in [4.69, 9.17) is 14.2 Å². The average molecular weight is 399 g/mol. The summed E-state index contributed by atoms with van der Waals surface area (Å²) in [4.78, 5) is 26.4. The van der Waals surface area contributed by atoms with Gasteiger partial charge in [0.05, 0.1) is 25.7 Å². The zero-order chi connectivity index (χ0) is 20.1. The summed E-state index contributed by atoms with van der Waals surface area (Å²) in [5.41, 5.74) is 1.84. The molecule has 1 fully saturated rings. The number of methoxy groups -OCH3 is 2. The Hall–Kier alpha value is -2.93. The number of amides is 2. The van der Waals surface area contributed by atoms with Crippen molar-refractivity contribution in [1.29, 1.82) is 0 Å². The predicted molar refractivity (Wildman–Crippen MR) is 109 cm³/mol. The van der Waals surface area contributed by atoms with E-state index < -0.39 is 0 Å². The minimum absolute atomic E-state index is 0.190. The lowest BCUT2D eigenvalue weighted by atomic mass is 10.1. The van der Waals surface area contributed by atoms with E-state index in [0.717, 1.165) is 17.3 Å². The molecule has 7 heteroatoms. The van der Waals surface area contributed by atoms with Gasteiger partial charge in [0.2, 0.25) is 0 Å². The Morgan fingerprint density at radius 3 is 2.39 bits per heavy atom. The second kappa shape index (κ2) is 8.84. The van der Waals surface area contributed by atoms with Crippen LogP contribution in [0, 0.1) is 6.92 Å². The third-order valence-corrected chi connectivity index (χ3v) is 5.11. The molecule has 1 aliphatic heterocycles. The maximum absolute atomic E-state index is 12.6. The number of carbonyl (C=O) groups excluding carboxylic acids is 2. The van der Waals surface area contributed by atoms with Crippen molar-refractivity contribution in [1.82, 2.24) is 4.90 Å². The second-order valence-electron chi connectivity index (χ2n) is 6.10. The van der Waals surface area contributed by atoms with Gasteiger partial charge >= 0.3 is 0 Å². The number of ether oxygens (including phenoxy) is 3. The first-order valence-electron chi connectivity index (χ1n) is 8.68. The van der Waals surface area contributed by atoms with Crippen LogP contribution >= 0.6 is 11.8 Å². The number of aryl methyl sites for hydroxylation is 1. The van der Waals surface area contributed by atoms with E-state index in [1.165, 1.54) is 4.90 Å². The van der Waals surface area contributed by atoms with E-state index in [2.05, 4.69) is 0 Å². The average Bonchev–Trinajstić information content (AvgIpc) is 2.97. The van der Waals surface area contributed by atoms with Crippen LogP contribution in [0.2, 0.25) is 0 Å². The Bertz CT molecular complexity index is 908. The van der Waals surface area contributed by atoms with Crippen LogP contribution in [-0.4, -0.2) is 43.4 Å². The molecule has 2 amide bonds. The van der Waals surface area contributed by atoms with Gasteiger partial charge in [-0.15, -0.1) is 0 Å². The van der Waals surface area contributed by atoms with E-state index in [-0.39, 0.29) is 24.3 Å². The van der Waals surface area contributed by atoms with Crippen molar-refractivity contribution in [2.45, 2.75) is 6.92 Å². The van der Waals surface area contributed by atoms with Gasteiger partial charge in [-0.05, 0) is 49.0 Å². The number of hydrogen-bond acceptors (Lipinski definition) is 6. The van der Waals surface area contributed by atoms with Gasteiger partial charge in [-0.3, -0.25) is 14.5 Å². The lowest BCUT2D eigenvalue weighted by molar-refractivity contribution is -0.123. The normalized spacial score (nSPS) is 15.2. The molecule has 146 valence electrons. The topological polar surface area (TPSA) is 65.1 Å². The molecule has 0 saturated carbocycles. The maximum atomic E-state index is 12.6. The first-order chi connectivity index (χ1) is 13.5. The first-order valence-corrected chi connectivity index (χ1v) is 9.50. The zero-order valence-electron chi connectivity index (χ0n) is 15.9. The van der Waals surface area contributed by atoms with Crippen molar-refractivity contribution >= 4 is 29.0 Å². The van der Waals surface area contributed by atoms with Crippen LogP contribution in [0.25, 0.3) is 6.08 Å².